The molecule has 7 heavy (non-hydrogen) atoms. The Hall–Kier alpha value is 0.435. The van der Waals surface area contributed by atoms with Crippen LogP contribution in [0.2, 0.25) is 0 Å². The van der Waals surface area contributed by atoms with Crippen molar-refractivity contribution in [2.45, 2.75) is 0 Å². The summed E-state index contributed by atoms with van der Waals surface area (Å²) in [4.78, 5) is 0. The van der Waals surface area contributed by atoms with Gasteiger partial charge in [0.1, 0.15) is 0 Å². The van der Waals surface area contributed by atoms with E-state index in [1.54, 1.807) is 0 Å². The van der Waals surface area contributed by atoms with Crippen molar-refractivity contribution in [1.29, 1.82) is 5.26 Å². The molecule has 0 unspecified atom stereocenters. The Labute approximate surface area is 67.3 Å². The molecule has 0 aliphatic heterocycles. The van der Waals surface area contributed by atoms with Gasteiger partial charge in [0, 0.05) is 0 Å². The summed E-state index contributed by atoms with van der Waals surface area (Å²) in [5, 5.41) is 7.10. The van der Waals surface area contributed by atoms with E-state index in [0.29, 0.717) is 0 Å². The van der Waals surface area contributed by atoms with Gasteiger partial charge in [0.05, 0.1) is 0 Å². The molecule has 6 heteroatoms. The summed E-state index contributed by atoms with van der Waals surface area (Å²) < 4.78 is 0. The number of nitriles is 1. The molecule has 0 bridgehead atoms. The summed E-state index contributed by atoms with van der Waals surface area (Å²) in [6.07, 6.45) is 0. The predicted octanol–water partition coefficient (Wildman–Crippen LogP) is -5.25. The van der Waals surface area contributed by atoms with E-state index < -0.39 is 0 Å². The minimum absolute atomic E-state index is 0. The van der Waals surface area contributed by atoms with E-state index in [4.69, 9.17) is 5.26 Å². The summed E-state index contributed by atoms with van der Waals surface area (Å²) in [6, 6.07) is 0. The number of nitrogens with two attached hydrogens (primary N) is 2. The van der Waals surface area contributed by atoms with Crippen molar-refractivity contribution in [3.05, 3.63) is 0 Å². The largest absolute Gasteiger partial charge is 1.00 e. The number of nitrogens with zero attached hydrogens (tertiary/aromatic N) is 1. The van der Waals surface area contributed by atoms with Crippen LogP contribution in [0.4, 0.5) is 0 Å². The molecule has 0 aliphatic carbocycles. The first-order valence-electron chi connectivity index (χ1n) is 0.846. The molecule has 0 amide bonds. The van der Waals surface area contributed by atoms with Crippen LogP contribution in [-0.2, 0) is 0 Å². The van der Waals surface area contributed by atoms with E-state index >= 15 is 0 Å². The van der Waals surface area contributed by atoms with Gasteiger partial charge in [-0.3, -0.25) is 11.7 Å². The van der Waals surface area contributed by atoms with Crippen LogP contribution < -0.4 is 41.2 Å². The van der Waals surface area contributed by atoms with Crippen molar-refractivity contribution in [3.63, 3.8) is 0 Å². The zero-order chi connectivity index (χ0) is 4.71. The fourth-order valence-electron chi connectivity index (χ4n) is 0. The van der Waals surface area contributed by atoms with Gasteiger partial charge in [-0.1, -0.05) is 0 Å². The molecule has 0 saturated heterocycles. The second-order valence-electron chi connectivity index (χ2n) is 0.129. The Kier molecular flexibility index (Phi) is 344. The number of hydrogen-bond acceptors (Lipinski definition) is 3. The molecule has 6 N–H and O–H groups in total. The maximum Gasteiger partial charge on any atom is 1.00 e. The minimum atomic E-state index is 0. The monoisotopic (exact) mass is 111 g/mol. The van der Waals surface area contributed by atoms with E-state index in [9.17, 15) is 0 Å². The summed E-state index contributed by atoms with van der Waals surface area (Å²) in [5.41, 5.74) is 0. The Morgan fingerprint density at radius 1 is 1.57 bits per heavy atom. The van der Waals surface area contributed by atoms with Gasteiger partial charge in [0.15, 0.2) is 0 Å². The van der Waals surface area contributed by atoms with Crippen LogP contribution in [0.3, 0.4) is 0 Å². The third kappa shape index (κ3) is 669. The van der Waals surface area contributed by atoms with Crippen molar-refractivity contribution < 1.29 is 36.5 Å². The average Bonchev–Trinajstić information content (AvgIpc) is 1.46. The van der Waals surface area contributed by atoms with Gasteiger partial charge in [-0.05, 0) is 5.97 Å². The number of hydrazine groups is 1. The SMILES string of the molecule is NN.O.[B]C#N.[H-].[Na+]. The van der Waals surface area contributed by atoms with Crippen LogP contribution >= 0.6 is 0 Å². The molecule has 0 spiro atoms. The van der Waals surface area contributed by atoms with E-state index in [-0.39, 0.29) is 36.5 Å². The molecular formula is CH7BN3NaO. The van der Waals surface area contributed by atoms with Gasteiger partial charge in [0.25, 0.3) is 0 Å². The van der Waals surface area contributed by atoms with E-state index in [1.165, 1.54) is 5.97 Å². The van der Waals surface area contributed by atoms with Gasteiger partial charge < -0.3 is 6.90 Å². The van der Waals surface area contributed by atoms with Gasteiger partial charge in [-0.15, -0.1) is 0 Å². The van der Waals surface area contributed by atoms with Crippen LogP contribution in [0.15, 0.2) is 0 Å². The molecule has 0 heterocycles. The summed E-state index contributed by atoms with van der Waals surface area (Å²) in [7, 11) is 4.15. The average molecular weight is 111 g/mol. The summed E-state index contributed by atoms with van der Waals surface area (Å²) >= 11 is 0. The van der Waals surface area contributed by atoms with Crippen LogP contribution in [0, 0.1) is 11.2 Å². The molecule has 0 fully saturated rings. The van der Waals surface area contributed by atoms with Crippen LogP contribution in [0.25, 0.3) is 0 Å². The minimum Gasteiger partial charge on any atom is -1.00 e. The molecule has 0 saturated carbocycles. The maximum atomic E-state index is 7.10. The topological polar surface area (TPSA) is 107 Å². The van der Waals surface area contributed by atoms with Gasteiger partial charge in [-0.2, -0.15) is 0 Å². The predicted molar refractivity (Wildman–Crippen MR) is 24.5 cm³/mol. The fraction of sp³-hybridized carbons (Fsp3) is 0. The quantitative estimate of drug-likeness (QED) is 0.185. The smallest absolute Gasteiger partial charge is 1.00 e. The van der Waals surface area contributed by atoms with Crippen LogP contribution in [0.1, 0.15) is 1.43 Å². The molecule has 0 aliphatic rings. The Morgan fingerprint density at radius 2 is 1.57 bits per heavy atom. The van der Waals surface area contributed by atoms with Gasteiger partial charge in [-0.25, -0.2) is 5.26 Å². The number of hydrogen-bond donors (Lipinski definition) is 2. The van der Waals surface area contributed by atoms with Crippen LogP contribution in [0.5, 0.6) is 0 Å². The molecule has 0 rings (SSSR count). The van der Waals surface area contributed by atoms with Crippen molar-refractivity contribution >= 4 is 7.85 Å². The summed E-state index contributed by atoms with van der Waals surface area (Å²) in [6.45, 7) is 0. The first-order valence-corrected chi connectivity index (χ1v) is 0.846. The zero-order valence-electron chi connectivity index (χ0n) is 5.18. The van der Waals surface area contributed by atoms with Crippen molar-refractivity contribution in [1.82, 2.24) is 0 Å². The van der Waals surface area contributed by atoms with E-state index in [1.807, 2.05) is 0 Å². The van der Waals surface area contributed by atoms with Crippen molar-refractivity contribution in [2.24, 2.45) is 11.7 Å². The molecule has 0 atom stereocenters. The van der Waals surface area contributed by atoms with Gasteiger partial charge in [0.2, 0.25) is 7.85 Å². The molecular weight excluding hydrogens is 104 g/mol. The molecule has 2 radical (unpaired) electrons. The van der Waals surface area contributed by atoms with Gasteiger partial charge >= 0.3 is 29.6 Å². The standard InChI is InChI=1S/CBN.H4N2.Na.H2O.H/c2-1-3;1-2;;;/h;1-2H2;;1H2;/q;;+1;;-1. The fourth-order valence-corrected chi connectivity index (χ4v) is 0. The molecule has 0 aromatic carbocycles. The Balaban J connectivity index is -0.00000000567. The Bertz CT molecular complexity index is 40.8. The third-order valence-corrected chi connectivity index (χ3v) is 0. The van der Waals surface area contributed by atoms with E-state index in [0.717, 1.165) is 0 Å². The molecule has 4 nitrogen and oxygen atoms in total. The van der Waals surface area contributed by atoms with Crippen molar-refractivity contribution in [3.8, 4) is 5.97 Å². The van der Waals surface area contributed by atoms with Crippen LogP contribution in [-0.4, -0.2) is 13.3 Å². The first kappa shape index (κ1) is 26.1. The van der Waals surface area contributed by atoms with Crippen molar-refractivity contribution in [2.75, 3.05) is 0 Å². The number of rotatable bonds is 0. The van der Waals surface area contributed by atoms with E-state index in [2.05, 4.69) is 19.5 Å². The molecule has 0 aromatic rings. The molecule has 36 valence electrons. The molecule has 0 aromatic heterocycles. The summed E-state index contributed by atoms with van der Waals surface area (Å²) in [5.74, 6) is 9.25. The second kappa shape index (κ2) is 92.3. The third-order valence-electron chi connectivity index (χ3n) is 0. The normalized spacial score (nSPS) is 1.86. The second-order valence-corrected chi connectivity index (χ2v) is 0.129. The first-order chi connectivity index (χ1) is 2.41. The maximum absolute atomic E-state index is 7.10. The Morgan fingerprint density at radius 3 is 1.57 bits per heavy atom. The zero-order valence-corrected chi connectivity index (χ0v) is 6.18.